The second-order valence-corrected chi connectivity index (χ2v) is 5.30. The van der Waals surface area contributed by atoms with Crippen molar-refractivity contribution in [2.75, 3.05) is 11.4 Å². The molecule has 1 N–H and O–H groups in total. The number of halogens is 1. The minimum atomic E-state index is -1.06. The maximum Gasteiger partial charge on any atom is 0.328 e. The van der Waals surface area contributed by atoms with Gasteiger partial charge in [-0.25, -0.2) is 4.79 Å². The third-order valence-electron chi connectivity index (χ3n) is 2.88. The summed E-state index contributed by atoms with van der Waals surface area (Å²) >= 11 is 3.30. The average Bonchev–Trinajstić information content (AvgIpc) is 2.31. The van der Waals surface area contributed by atoms with Crippen molar-refractivity contribution in [3.05, 3.63) is 28.2 Å². The summed E-state index contributed by atoms with van der Waals surface area (Å²) in [6.07, 6.45) is 0. The van der Waals surface area contributed by atoms with Gasteiger partial charge in [0.25, 0.3) is 0 Å². The minimum Gasteiger partial charge on any atom is -0.480 e. The number of nitriles is 1. The number of aliphatic carboxylic acids is 1. The number of carboxylic acids is 1. The predicted octanol–water partition coefficient (Wildman–Crippen LogP) is 3.01. The number of carbonyl (C=O) groups is 1. The quantitative estimate of drug-likeness (QED) is 0.928. The van der Waals surface area contributed by atoms with E-state index in [1.54, 1.807) is 36.9 Å². The summed E-state index contributed by atoms with van der Waals surface area (Å²) in [6.45, 7) is 5.63. The topological polar surface area (TPSA) is 64.3 Å². The first-order chi connectivity index (χ1) is 8.34. The van der Waals surface area contributed by atoms with Crippen molar-refractivity contribution in [3.8, 4) is 6.07 Å². The zero-order valence-electron chi connectivity index (χ0n) is 10.6. The number of benzene rings is 1. The van der Waals surface area contributed by atoms with Crippen LogP contribution in [0.2, 0.25) is 0 Å². The molecule has 0 aromatic heterocycles. The summed E-state index contributed by atoms with van der Waals surface area (Å²) in [5.41, 5.74) is 0.0323. The van der Waals surface area contributed by atoms with Crippen LogP contribution in [-0.2, 0) is 4.79 Å². The molecule has 0 heterocycles. The molecule has 0 fully saturated rings. The Balaban J connectivity index is 3.35. The Bertz CT molecular complexity index is 506. The summed E-state index contributed by atoms with van der Waals surface area (Å²) in [6, 6.07) is 7.35. The zero-order chi connectivity index (χ0) is 13.9. The highest BCUT2D eigenvalue weighted by molar-refractivity contribution is 9.10. The van der Waals surface area contributed by atoms with E-state index in [-0.39, 0.29) is 0 Å². The Morgan fingerprint density at radius 1 is 1.56 bits per heavy atom. The van der Waals surface area contributed by atoms with Gasteiger partial charge in [0.15, 0.2) is 0 Å². The summed E-state index contributed by atoms with van der Waals surface area (Å²) < 4.78 is 0.798. The molecular weight excluding hydrogens is 296 g/mol. The molecule has 0 saturated heterocycles. The van der Waals surface area contributed by atoms with Gasteiger partial charge < -0.3 is 10.0 Å². The van der Waals surface area contributed by atoms with E-state index in [4.69, 9.17) is 5.26 Å². The van der Waals surface area contributed by atoms with Gasteiger partial charge in [0.05, 0.1) is 11.3 Å². The van der Waals surface area contributed by atoms with Crippen LogP contribution in [0.3, 0.4) is 0 Å². The Morgan fingerprint density at radius 3 is 2.61 bits per heavy atom. The molecule has 5 heteroatoms. The molecule has 0 unspecified atom stereocenters. The van der Waals surface area contributed by atoms with Gasteiger partial charge >= 0.3 is 5.97 Å². The number of hydrogen-bond donors (Lipinski definition) is 1. The highest BCUT2D eigenvalue weighted by atomic mass is 79.9. The van der Waals surface area contributed by atoms with Gasteiger partial charge in [-0.15, -0.1) is 0 Å². The van der Waals surface area contributed by atoms with E-state index in [0.29, 0.717) is 17.8 Å². The number of anilines is 1. The zero-order valence-corrected chi connectivity index (χ0v) is 12.2. The van der Waals surface area contributed by atoms with Gasteiger partial charge in [-0.05, 0) is 39.0 Å². The number of nitrogens with zero attached hydrogens (tertiary/aromatic N) is 2. The molecule has 4 nitrogen and oxygen atoms in total. The van der Waals surface area contributed by atoms with Gasteiger partial charge in [-0.2, -0.15) is 5.26 Å². The van der Waals surface area contributed by atoms with Crippen molar-refractivity contribution in [3.63, 3.8) is 0 Å². The lowest BCUT2D eigenvalue weighted by molar-refractivity contribution is -0.142. The first kappa shape index (κ1) is 14.5. The molecule has 0 bridgehead atoms. The van der Waals surface area contributed by atoms with Crippen LogP contribution in [0.5, 0.6) is 0 Å². The molecule has 0 aliphatic heterocycles. The van der Waals surface area contributed by atoms with E-state index >= 15 is 0 Å². The molecule has 0 aliphatic rings. The van der Waals surface area contributed by atoms with Crippen LogP contribution in [-0.4, -0.2) is 23.2 Å². The van der Waals surface area contributed by atoms with Crippen LogP contribution in [0.25, 0.3) is 0 Å². The molecule has 0 aliphatic carbocycles. The fourth-order valence-electron chi connectivity index (χ4n) is 1.82. The van der Waals surface area contributed by atoms with E-state index in [1.807, 2.05) is 6.92 Å². The van der Waals surface area contributed by atoms with E-state index in [1.165, 1.54) is 0 Å². The van der Waals surface area contributed by atoms with Crippen molar-refractivity contribution in [2.45, 2.75) is 26.3 Å². The summed E-state index contributed by atoms with van der Waals surface area (Å²) in [4.78, 5) is 13.0. The maximum atomic E-state index is 11.3. The highest BCUT2D eigenvalue weighted by Crippen LogP contribution is 2.29. The molecule has 1 rings (SSSR count). The third kappa shape index (κ3) is 2.65. The van der Waals surface area contributed by atoms with E-state index < -0.39 is 11.5 Å². The fraction of sp³-hybridized carbons (Fsp3) is 0.385. The Morgan fingerprint density at radius 2 is 2.17 bits per heavy atom. The summed E-state index contributed by atoms with van der Waals surface area (Å²) in [5, 5.41) is 18.4. The standard InChI is InChI=1S/C13H15BrN2O2/c1-4-16(13(2,3)12(17)18)11-6-5-10(14)7-9(11)8-15/h5-7H,4H2,1-3H3,(H,17,18). The number of rotatable bonds is 4. The van der Waals surface area contributed by atoms with Crippen LogP contribution in [0.15, 0.2) is 22.7 Å². The van der Waals surface area contributed by atoms with E-state index in [9.17, 15) is 9.90 Å². The van der Waals surface area contributed by atoms with Gasteiger partial charge in [0.2, 0.25) is 0 Å². The fourth-order valence-corrected chi connectivity index (χ4v) is 2.18. The average molecular weight is 311 g/mol. The number of hydrogen-bond acceptors (Lipinski definition) is 3. The highest BCUT2D eigenvalue weighted by Gasteiger charge is 2.34. The lowest BCUT2D eigenvalue weighted by Crippen LogP contribution is -2.50. The lowest BCUT2D eigenvalue weighted by atomic mass is 10.0. The van der Waals surface area contributed by atoms with Crippen LogP contribution in [0.1, 0.15) is 26.3 Å². The minimum absolute atomic E-state index is 0.459. The smallest absolute Gasteiger partial charge is 0.328 e. The van der Waals surface area contributed by atoms with Crippen LogP contribution in [0.4, 0.5) is 5.69 Å². The maximum absolute atomic E-state index is 11.3. The van der Waals surface area contributed by atoms with Gasteiger partial charge in [0.1, 0.15) is 11.6 Å². The van der Waals surface area contributed by atoms with E-state index in [2.05, 4.69) is 22.0 Å². The van der Waals surface area contributed by atoms with Gasteiger partial charge in [0, 0.05) is 11.0 Å². The largest absolute Gasteiger partial charge is 0.480 e. The second kappa shape index (κ2) is 5.40. The van der Waals surface area contributed by atoms with Crippen LogP contribution in [0, 0.1) is 11.3 Å². The summed E-state index contributed by atoms with van der Waals surface area (Å²) in [5.74, 6) is -0.920. The Kier molecular flexibility index (Phi) is 4.36. The molecule has 1 aromatic rings. The lowest BCUT2D eigenvalue weighted by Gasteiger charge is -2.36. The van der Waals surface area contributed by atoms with Crippen molar-refractivity contribution in [1.29, 1.82) is 5.26 Å². The molecule has 0 atom stereocenters. The third-order valence-corrected chi connectivity index (χ3v) is 3.38. The SMILES string of the molecule is CCN(c1ccc(Br)cc1C#N)C(C)(C)C(=O)O. The predicted molar refractivity (Wildman–Crippen MR) is 73.6 cm³/mol. The molecule has 0 saturated carbocycles. The molecule has 0 radical (unpaired) electrons. The monoisotopic (exact) mass is 310 g/mol. The Hall–Kier alpha value is -1.54. The van der Waals surface area contributed by atoms with Crippen molar-refractivity contribution >= 4 is 27.6 Å². The first-order valence-corrected chi connectivity index (χ1v) is 6.34. The molecule has 0 amide bonds. The van der Waals surface area contributed by atoms with Crippen LogP contribution >= 0.6 is 15.9 Å². The summed E-state index contributed by atoms with van der Waals surface area (Å²) in [7, 11) is 0. The van der Waals surface area contributed by atoms with Crippen molar-refractivity contribution < 1.29 is 9.90 Å². The molecule has 18 heavy (non-hydrogen) atoms. The molecule has 96 valence electrons. The van der Waals surface area contributed by atoms with Crippen molar-refractivity contribution in [2.24, 2.45) is 0 Å². The molecule has 1 aromatic carbocycles. The van der Waals surface area contributed by atoms with Crippen molar-refractivity contribution in [1.82, 2.24) is 0 Å². The molecule has 0 spiro atoms. The van der Waals surface area contributed by atoms with Crippen LogP contribution < -0.4 is 4.90 Å². The number of carboxylic acid groups (broad SMARTS) is 1. The molecular formula is C13H15BrN2O2. The van der Waals surface area contributed by atoms with Gasteiger partial charge in [-0.3, -0.25) is 0 Å². The second-order valence-electron chi connectivity index (χ2n) is 4.38. The first-order valence-electron chi connectivity index (χ1n) is 5.55. The van der Waals surface area contributed by atoms with Gasteiger partial charge in [-0.1, -0.05) is 15.9 Å². The van der Waals surface area contributed by atoms with E-state index in [0.717, 1.165) is 4.47 Å². The number of likely N-dealkylation sites (N-methyl/N-ethyl adjacent to an activating group) is 1. The normalized spacial score (nSPS) is 10.8. The Labute approximate surface area is 115 Å².